The summed E-state index contributed by atoms with van der Waals surface area (Å²) in [5.74, 6) is -1.98. The Kier molecular flexibility index (Phi) is 7.11. The third-order valence-corrected chi connectivity index (χ3v) is 5.36. The normalized spacial score (nSPS) is 16.9. The van der Waals surface area contributed by atoms with Crippen molar-refractivity contribution in [2.45, 2.75) is 13.0 Å². The van der Waals surface area contributed by atoms with Crippen LogP contribution < -0.4 is 4.74 Å². The highest BCUT2D eigenvalue weighted by molar-refractivity contribution is 8.18. The average molecular weight is 452 g/mol. The summed E-state index contributed by atoms with van der Waals surface area (Å²) in [7, 11) is 0. The Morgan fingerprint density at radius 3 is 2.56 bits per heavy atom. The number of amides is 1. The Labute approximate surface area is 188 Å². The highest BCUT2D eigenvalue weighted by Crippen LogP contribution is 2.34. The number of rotatable bonds is 8. The molecule has 3 rings (SSSR count). The number of ether oxygens (including phenoxy) is 1. The molecule has 1 heterocycles. The molecule has 1 fully saturated rings. The molecular weight excluding hydrogens is 432 g/mol. The Balaban J connectivity index is 1.88. The Morgan fingerprint density at radius 1 is 1.22 bits per heavy atom. The lowest BCUT2D eigenvalue weighted by Crippen LogP contribution is -2.29. The van der Waals surface area contributed by atoms with Gasteiger partial charge in [-0.05, 0) is 66.7 Å². The molecule has 2 aromatic carbocycles. The number of aromatic carboxylic acids is 1. The lowest BCUT2D eigenvalue weighted by molar-refractivity contribution is -0.144. The summed E-state index contributed by atoms with van der Waals surface area (Å²) in [5.41, 5.74) is 1.33. The van der Waals surface area contributed by atoms with Gasteiger partial charge < -0.3 is 14.9 Å². The van der Waals surface area contributed by atoms with E-state index in [-0.39, 0.29) is 18.0 Å². The molecule has 0 aromatic heterocycles. The van der Waals surface area contributed by atoms with Gasteiger partial charge in [0.05, 0.1) is 16.2 Å². The van der Waals surface area contributed by atoms with E-state index < -0.39 is 18.0 Å². The molecule has 1 aliphatic rings. The maximum atomic E-state index is 12.9. The van der Waals surface area contributed by atoms with Crippen LogP contribution in [0.25, 0.3) is 6.08 Å². The number of carboxylic acid groups (broad SMARTS) is 2. The van der Waals surface area contributed by atoms with E-state index >= 15 is 0 Å². The molecule has 8 nitrogen and oxygen atoms in total. The van der Waals surface area contributed by atoms with E-state index in [1.54, 1.807) is 48.6 Å². The molecule has 0 spiro atoms. The molecule has 0 aliphatic carbocycles. The number of carbonyl (C=O) groups excluding carboxylic acids is 1. The van der Waals surface area contributed by atoms with Gasteiger partial charge in [-0.25, -0.2) is 14.6 Å². The second kappa shape index (κ2) is 9.97. The van der Waals surface area contributed by atoms with Gasteiger partial charge >= 0.3 is 11.9 Å². The van der Waals surface area contributed by atoms with Crippen molar-refractivity contribution in [3.8, 4) is 5.75 Å². The topological polar surface area (TPSA) is 117 Å². The minimum absolute atomic E-state index is 0.145. The van der Waals surface area contributed by atoms with E-state index in [4.69, 9.17) is 14.9 Å². The van der Waals surface area contributed by atoms with Crippen molar-refractivity contribution in [2.75, 3.05) is 6.54 Å². The summed E-state index contributed by atoms with van der Waals surface area (Å²) >= 11 is 1.18. The largest absolute Gasteiger partial charge is 0.479 e. The summed E-state index contributed by atoms with van der Waals surface area (Å²) in [5, 5.41) is 18.5. The lowest BCUT2D eigenvalue weighted by Gasteiger charge is -2.12. The van der Waals surface area contributed by atoms with Crippen molar-refractivity contribution < 1.29 is 29.3 Å². The second-order valence-electron chi connectivity index (χ2n) is 6.73. The number of hydrogen-bond donors (Lipinski definition) is 2. The molecule has 1 saturated heterocycles. The van der Waals surface area contributed by atoms with E-state index in [1.807, 2.05) is 0 Å². The monoisotopic (exact) mass is 452 g/mol. The molecule has 1 unspecified atom stereocenters. The fourth-order valence-electron chi connectivity index (χ4n) is 2.75. The predicted molar refractivity (Wildman–Crippen MR) is 122 cm³/mol. The van der Waals surface area contributed by atoms with Gasteiger partial charge in [-0.1, -0.05) is 18.2 Å². The summed E-state index contributed by atoms with van der Waals surface area (Å²) in [6.45, 7) is 5.38. The van der Waals surface area contributed by atoms with Crippen molar-refractivity contribution in [1.29, 1.82) is 0 Å². The van der Waals surface area contributed by atoms with Gasteiger partial charge in [-0.2, -0.15) is 0 Å². The zero-order chi connectivity index (χ0) is 23.3. The molecule has 1 amide bonds. The minimum atomic E-state index is -1.08. The van der Waals surface area contributed by atoms with Gasteiger partial charge in [0.15, 0.2) is 11.3 Å². The molecule has 2 aromatic rings. The number of aliphatic carboxylic acids is 1. The number of aliphatic imine (C=N–C) groups is 1. The zero-order valence-electron chi connectivity index (χ0n) is 17.1. The van der Waals surface area contributed by atoms with Crippen LogP contribution in [-0.2, 0) is 9.59 Å². The summed E-state index contributed by atoms with van der Waals surface area (Å²) in [4.78, 5) is 41.3. The highest BCUT2D eigenvalue weighted by atomic mass is 32.2. The fourth-order valence-corrected chi connectivity index (χ4v) is 3.76. The van der Waals surface area contributed by atoms with E-state index in [0.29, 0.717) is 27.1 Å². The average Bonchev–Trinajstić information content (AvgIpc) is 3.03. The van der Waals surface area contributed by atoms with Crippen LogP contribution in [0.1, 0.15) is 22.8 Å². The molecule has 1 aliphatic heterocycles. The van der Waals surface area contributed by atoms with E-state index in [2.05, 4.69) is 11.6 Å². The molecule has 0 saturated carbocycles. The molecule has 32 heavy (non-hydrogen) atoms. The Bertz CT molecular complexity index is 1120. The van der Waals surface area contributed by atoms with Gasteiger partial charge in [0.25, 0.3) is 5.91 Å². The van der Waals surface area contributed by atoms with Crippen molar-refractivity contribution in [2.24, 2.45) is 4.99 Å². The van der Waals surface area contributed by atoms with Crippen LogP contribution in [-0.4, -0.2) is 50.8 Å². The molecular formula is C23H20N2O6S. The van der Waals surface area contributed by atoms with Crippen molar-refractivity contribution in [1.82, 2.24) is 4.90 Å². The first-order valence-electron chi connectivity index (χ1n) is 9.52. The molecule has 1 atom stereocenters. The van der Waals surface area contributed by atoms with E-state index in [1.165, 1.54) is 35.7 Å². The minimum Gasteiger partial charge on any atom is -0.479 e. The smallest absolute Gasteiger partial charge is 0.344 e. The van der Waals surface area contributed by atoms with Gasteiger partial charge in [-0.3, -0.25) is 9.69 Å². The van der Waals surface area contributed by atoms with Gasteiger partial charge in [0.1, 0.15) is 5.75 Å². The fraction of sp³-hybridized carbons (Fsp3) is 0.130. The predicted octanol–water partition coefficient (Wildman–Crippen LogP) is 4.03. The summed E-state index contributed by atoms with van der Waals surface area (Å²) in [6.07, 6.45) is 2.26. The number of carbonyl (C=O) groups is 3. The van der Waals surface area contributed by atoms with Crippen molar-refractivity contribution in [3.63, 3.8) is 0 Å². The van der Waals surface area contributed by atoms with E-state index in [0.717, 1.165) is 0 Å². The van der Waals surface area contributed by atoms with Gasteiger partial charge in [-0.15, -0.1) is 6.58 Å². The first-order valence-corrected chi connectivity index (χ1v) is 10.3. The number of hydrogen-bond acceptors (Lipinski definition) is 6. The standard InChI is InChI=1S/C23H20N2O6S/c1-3-11-25-20(26)19(13-15-5-4-6-18(12-15)31-14(2)21(27)28)32-23(25)24-17-9-7-16(8-10-17)22(29)30/h3-10,12-14H,1,11H2,2H3,(H,27,28)(H,29,30)/b19-13-,24-23?. The van der Waals surface area contributed by atoms with Crippen LogP contribution in [0.2, 0.25) is 0 Å². The maximum absolute atomic E-state index is 12.9. The Morgan fingerprint density at radius 2 is 1.94 bits per heavy atom. The quantitative estimate of drug-likeness (QED) is 0.459. The van der Waals surface area contributed by atoms with Gasteiger partial charge in [0.2, 0.25) is 0 Å². The van der Waals surface area contributed by atoms with Crippen LogP contribution in [0.5, 0.6) is 5.75 Å². The second-order valence-corrected chi connectivity index (χ2v) is 7.74. The number of nitrogens with zero attached hydrogens (tertiary/aromatic N) is 2. The SMILES string of the molecule is C=CCN1C(=O)/C(=C/c2cccc(OC(C)C(=O)O)c2)SC1=Nc1ccc(C(=O)O)cc1. The van der Waals surface area contributed by atoms with E-state index in [9.17, 15) is 14.4 Å². The van der Waals surface area contributed by atoms with Crippen molar-refractivity contribution >= 4 is 46.5 Å². The third kappa shape index (κ3) is 5.44. The maximum Gasteiger partial charge on any atom is 0.344 e. The lowest BCUT2D eigenvalue weighted by atomic mass is 10.2. The molecule has 0 radical (unpaired) electrons. The summed E-state index contributed by atoms with van der Waals surface area (Å²) in [6, 6.07) is 12.8. The zero-order valence-corrected chi connectivity index (χ0v) is 17.9. The van der Waals surface area contributed by atoms with Crippen LogP contribution in [0, 0.1) is 0 Å². The number of carboxylic acids is 2. The number of thioether (sulfide) groups is 1. The van der Waals surface area contributed by atoms with Gasteiger partial charge in [0, 0.05) is 6.54 Å². The molecule has 164 valence electrons. The van der Waals surface area contributed by atoms with Crippen molar-refractivity contribution in [3.05, 3.63) is 77.2 Å². The van der Waals surface area contributed by atoms with Crippen LogP contribution >= 0.6 is 11.8 Å². The van der Waals surface area contributed by atoms with Crippen LogP contribution in [0.3, 0.4) is 0 Å². The third-order valence-electron chi connectivity index (χ3n) is 4.36. The molecule has 0 bridgehead atoms. The number of amidine groups is 1. The van der Waals surface area contributed by atoms with Crippen LogP contribution in [0.15, 0.2) is 71.1 Å². The van der Waals surface area contributed by atoms with Crippen LogP contribution in [0.4, 0.5) is 5.69 Å². The first-order chi connectivity index (χ1) is 15.3. The number of benzene rings is 2. The Hall–Kier alpha value is -3.85. The summed E-state index contributed by atoms with van der Waals surface area (Å²) < 4.78 is 5.38. The molecule has 2 N–H and O–H groups in total. The highest BCUT2D eigenvalue weighted by Gasteiger charge is 2.32. The molecule has 9 heteroatoms. The first kappa shape index (κ1) is 22.8.